The number of aromatic nitrogens is 1. The van der Waals surface area contributed by atoms with Gasteiger partial charge in [-0.3, -0.25) is 4.79 Å². The van der Waals surface area contributed by atoms with Crippen molar-refractivity contribution in [3.05, 3.63) is 16.5 Å². The summed E-state index contributed by atoms with van der Waals surface area (Å²) in [6.45, 7) is 1.56. The highest BCUT2D eigenvalue weighted by molar-refractivity contribution is 6.68. The zero-order valence-electron chi connectivity index (χ0n) is 5.02. The minimum absolute atomic E-state index is 0.0116. The van der Waals surface area contributed by atoms with Crippen molar-refractivity contribution in [3.63, 3.8) is 0 Å². The van der Waals surface area contributed by atoms with E-state index >= 15 is 0 Å². The van der Waals surface area contributed by atoms with Gasteiger partial charge in [0.1, 0.15) is 11.3 Å². The fraction of sp³-hybridized carbons (Fsp3) is 0.200. The molecular formula is C5H3Cl2NO2. The van der Waals surface area contributed by atoms with Gasteiger partial charge in [0.2, 0.25) is 0 Å². The van der Waals surface area contributed by atoms with Crippen molar-refractivity contribution < 1.29 is 9.32 Å². The maximum atomic E-state index is 10.5. The first-order chi connectivity index (χ1) is 4.63. The van der Waals surface area contributed by atoms with Crippen molar-refractivity contribution in [3.8, 4) is 0 Å². The normalized spacial score (nSPS) is 9.90. The third-order valence-corrected chi connectivity index (χ3v) is 1.46. The average molecular weight is 180 g/mol. The largest absolute Gasteiger partial charge is 0.359 e. The molecule has 0 N–H and O–H groups in total. The molecule has 10 heavy (non-hydrogen) atoms. The second kappa shape index (κ2) is 2.60. The van der Waals surface area contributed by atoms with Crippen LogP contribution in [0.2, 0.25) is 5.15 Å². The summed E-state index contributed by atoms with van der Waals surface area (Å²) in [6, 6.07) is 0. The molecular weight excluding hydrogens is 177 g/mol. The molecule has 54 valence electrons. The molecule has 0 radical (unpaired) electrons. The Labute approximate surface area is 66.9 Å². The molecule has 1 aromatic heterocycles. The maximum Gasteiger partial charge on any atom is 0.259 e. The number of carbonyl (C=O) groups excluding carboxylic acids is 1. The van der Waals surface area contributed by atoms with E-state index in [1.807, 2.05) is 0 Å². The van der Waals surface area contributed by atoms with Gasteiger partial charge >= 0.3 is 0 Å². The molecule has 0 saturated heterocycles. The first-order valence-corrected chi connectivity index (χ1v) is 3.20. The quantitative estimate of drug-likeness (QED) is 0.620. The third kappa shape index (κ3) is 1.15. The zero-order valence-corrected chi connectivity index (χ0v) is 6.53. The van der Waals surface area contributed by atoms with Gasteiger partial charge in [-0.1, -0.05) is 16.8 Å². The van der Waals surface area contributed by atoms with Gasteiger partial charge < -0.3 is 4.52 Å². The van der Waals surface area contributed by atoms with Crippen LogP contribution in [0.3, 0.4) is 0 Å². The van der Waals surface area contributed by atoms with Crippen molar-refractivity contribution in [2.75, 3.05) is 0 Å². The molecule has 0 bridgehead atoms. The summed E-state index contributed by atoms with van der Waals surface area (Å²) in [5.41, 5.74) is 0.142. The molecule has 0 aliphatic carbocycles. The van der Waals surface area contributed by atoms with Gasteiger partial charge in [-0.15, -0.1) is 0 Å². The third-order valence-electron chi connectivity index (χ3n) is 1.02. The standard InChI is InChI=1S/C5H3Cl2NO2/c1-2-3(5(7)9)4(6)8-10-2/h1H3. The Hall–Kier alpha value is -0.540. The van der Waals surface area contributed by atoms with Gasteiger partial charge in [0.05, 0.1) is 0 Å². The number of carbonyl (C=O) groups is 1. The van der Waals surface area contributed by atoms with Crippen LogP contribution < -0.4 is 0 Å². The van der Waals surface area contributed by atoms with E-state index in [4.69, 9.17) is 23.2 Å². The highest BCUT2D eigenvalue weighted by atomic mass is 35.5. The maximum absolute atomic E-state index is 10.5. The van der Waals surface area contributed by atoms with E-state index in [1.165, 1.54) is 0 Å². The second-order valence-electron chi connectivity index (χ2n) is 1.68. The smallest absolute Gasteiger partial charge is 0.259 e. The highest BCUT2D eigenvalue weighted by Crippen LogP contribution is 2.19. The summed E-state index contributed by atoms with van der Waals surface area (Å²) in [5, 5.41) is 2.68. The van der Waals surface area contributed by atoms with Crippen molar-refractivity contribution >= 4 is 28.4 Å². The van der Waals surface area contributed by atoms with E-state index in [0.29, 0.717) is 5.76 Å². The number of hydrogen-bond acceptors (Lipinski definition) is 3. The fourth-order valence-corrected chi connectivity index (χ4v) is 1.09. The molecule has 0 amide bonds. The molecule has 1 aromatic rings. The summed E-state index contributed by atoms with van der Waals surface area (Å²) < 4.78 is 4.57. The van der Waals surface area contributed by atoms with Crippen LogP contribution in [0, 0.1) is 6.92 Å². The summed E-state index contributed by atoms with van der Waals surface area (Å²) >= 11 is 10.6. The molecule has 0 spiro atoms. The summed E-state index contributed by atoms with van der Waals surface area (Å²) in [5.74, 6) is 0.338. The minimum Gasteiger partial charge on any atom is -0.359 e. The number of aryl methyl sites for hydroxylation is 1. The van der Waals surface area contributed by atoms with E-state index in [0.717, 1.165) is 0 Å². The van der Waals surface area contributed by atoms with Crippen LogP contribution in [0.25, 0.3) is 0 Å². The number of hydrogen-bond donors (Lipinski definition) is 0. The lowest BCUT2D eigenvalue weighted by molar-refractivity contribution is 0.108. The molecule has 0 aromatic carbocycles. The van der Waals surface area contributed by atoms with Gasteiger partial charge in [0, 0.05) is 0 Å². The second-order valence-corrected chi connectivity index (χ2v) is 2.38. The van der Waals surface area contributed by atoms with E-state index in [2.05, 4.69) is 9.68 Å². The Morgan fingerprint density at radius 3 is 2.50 bits per heavy atom. The zero-order chi connectivity index (χ0) is 7.72. The lowest BCUT2D eigenvalue weighted by Gasteiger charge is -1.84. The summed E-state index contributed by atoms with van der Waals surface area (Å²) in [7, 11) is 0. The average Bonchev–Trinajstić information content (AvgIpc) is 2.11. The Bertz CT molecular complexity index is 249. The molecule has 5 heteroatoms. The van der Waals surface area contributed by atoms with E-state index < -0.39 is 5.24 Å². The van der Waals surface area contributed by atoms with Crippen LogP contribution in [0.15, 0.2) is 4.52 Å². The molecule has 0 aliphatic heterocycles. The summed E-state index contributed by atoms with van der Waals surface area (Å²) in [4.78, 5) is 10.5. The Kier molecular flexibility index (Phi) is 1.97. The van der Waals surface area contributed by atoms with Crippen LogP contribution in [0.1, 0.15) is 16.1 Å². The SMILES string of the molecule is Cc1onc(Cl)c1C(=O)Cl. The molecule has 0 saturated carbocycles. The van der Waals surface area contributed by atoms with Crippen LogP contribution in [-0.4, -0.2) is 10.4 Å². The van der Waals surface area contributed by atoms with E-state index in [1.54, 1.807) is 6.92 Å². The molecule has 0 fully saturated rings. The van der Waals surface area contributed by atoms with Crippen molar-refractivity contribution in [1.29, 1.82) is 0 Å². The lowest BCUT2D eigenvalue weighted by Crippen LogP contribution is -1.88. The van der Waals surface area contributed by atoms with Gasteiger partial charge in [0.25, 0.3) is 5.24 Å². The molecule has 1 rings (SSSR count). The number of halogens is 2. The van der Waals surface area contributed by atoms with Crippen molar-refractivity contribution in [2.45, 2.75) is 6.92 Å². The van der Waals surface area contributed by atoms with Gasteiger partial charge in [-0.2, -0.15) is 0 Å². The van der Waals surface area contributed by atoms with Crippen LogP contribution in [0.5, 0.6) is 0 Å². The highest BCUT2D eigenvalue weighted by Gasteiger charge is 2.16. The Morgan fingerprint density at radius 2 is 2.30 bits per heavy atom. The lowest BCUT2D eigenvalue weighted by atomic mass is 10.3. The number of rotatable bonds is 1. The first kappa shape index (κ1) is 7.57. The minimum atomic E-state index is -0.649. The van der Waals surface area contributed by atoms with Gasteiger partial charge in [-0.05, 0) is 18.5 Å². The Balaban J connectivity index is 3.23. The van der Waals surface area contributed by atoms with Crippen molar-refractivity contribution in [2.24, 2.45) is 0 Å². The van der Waals surface area contributed by atoms with Gasteiger partial charge in [0.15, 0.2) is 5.15 Å². The van der Waals surface area contributed by atoms with Crippen LogP contribution >= 0.6 is 23.2 Å². The topological polar surface area (TPSA) is 43.1 Å². The first-order valence-electron chi connectivity index (χ1n) is 2.44. The molecule has 3 nitrogen and oxygen atoms in total. The van der Waals surface area contributed by atoms with Gasteiger partial charge in [-0.25, -0.2) is 0 Å². The summed E-state index contributed by atoms with van der Waals surface area (Å²) in [6.07, 6.45) is 0. The molecule has 0 unspecified atom stereocenters. The molecule has 0 atom stereocenters. The van der Waals surface area contributed by atoms with Crippen LogP contribution in [-0.2, 0) is 0 Å². The predicted octanol–water partition coefficient (Wildman–Crippen LogP) is 2.02. The number of nitrogens with zero attached hydrogens (tertiary/aromatic N) is 1. The van der Waals surface area contributed by atoms with E-state index in [9.17, 15) is 4.79 Å². The van der Waals surface area contributed by atoms with E-state index in [-0.39, 0.29) is 10.7 Å². The predicted molar refractivity (Wildman–Crippen MR) is 36.4 cm³/mol. The van der Waals surface area contributed by atoms with Crippen LogP contribution in [0.4, 0.5) is 0 Å². The molecule has 1 heterocycles. The molecule has 0 aliphatic rings. The monoisotopic (exact) mass is 179 g/mol. The van der Waals surface area contributed by atoms with Crippen molar-refractivity contribution in [1.82, 2.24) is 5.16 Å². The Morgan fingerprint density at radius 1 is 1.70 bits per heavy atom. The fourth-order valence-electron chi connectivity index (χ4n) is 0.565.